The number of amides is 1. The lowest BCUT2D eigenvalue weighted by atomic mass is 9.93. The van der Waals surface area contributed by atoms with Crippen LogP contribution in [0.25, 0.3) is 0 Å². The number of carbonyl (C=O) groups excluding carboxylic acids is 1. The zero-order valence-corrected chi connectivity index (χ0v) is 13.1. The van der Waals surface area contributed by atoms with E-state index in [-0.39, 0.29) is 5.91 Å². The van der Waals surface area contributed by atoms with E-state index >= 15 is 0 Å². The fourth-order valence-electron chi connectivity index (χ4n) is 2.89. The second kappa shape index (κ2) is 8.03. The zero-order chi connectivity index (χ0) is 15.1. The molecule has 0 atom stereocenters. The number of methoxy groups -OCH3 is 1. The van der Waals surface area contributed by atoms with Crippen molar-refractivity contribution in [2.45, 2.75) is 25.7 Å². The van der Waals surface area contributed by atoms with Gasteiger partial charge in [-0.1, -0.05) is 12.1 Å². The Kier molecular flexibility index (Phi) is 6.05. The van der Waals surface area contributed by atoms with Crippen LogP contribution in [0.15, 0.2) is 24.3 Å². The van der Waals surface area contributed by atoms with Crippen LogP contribution in [-0.4, -0.2) is 44.6 Å². The fourth-order valence-corrected chi connectivity index (χ4v) is 2.89. The van der Waals surface area contributed by atoms with Gasteiger partial charge >= 0.3 is 0 Å². The number of rotatable bonds is 6. The molecule has 0 bridgehead atoms. The topological polar surface area (TPSA) is 41.6 Å². The van der Waals surface area contributed by atoms with E-state index in [0.717, 1.165) is 49.7 Å². The number of hydrogen-bond acceptors (Lipinski definition) is 3. The van der Waals surface area contributed by atoms with E-state index in [1.54, 1.807) is 7.11 Å². The van der Waals surface area contributed by atoms with Gasteiger partial charge in [-0.25, -0.2) is 0 Å². The first kappa shape index (κ1) is 15.8. The summed E-state index contributed by atoms with van der Waals surface area (Å²) in [5, 5.41) is 3.20. The minimum absolute atomic E-state index is 0.232. The van der Waals surface area contributed by atoms with Crippen LogP contribution in [0.5, 0.6) is 5.75 Å². The molecule has 21 heavy (non-hydrogen) atoms. The van der Waals surface area contributed by atoms with Crippen LogP contribution >= 0.6 is 0 Å². The average Bonchev–Trinajstić information content (AvgIpc) is 2.53. The molecule has 1 saturated heterocycles. The molecule has 1 amide bonds. The molecule has 0 spiro atoms. The Morgan fingerprint density at radius 2 is 2.14 bits per heavy atom. The van der Waals surface area contributed by atoms with Crippen LogP contribution in [0.4, 0.5) is 0 Å². The highest BCUT2D eigenvalue weighted by Crippen LogP contribution is 2.21. The lowest BCUT2D eigenvalue weighted by molar-refractivity contribution is -0.131. The molecule has 1 fully saturated rings. The molecule has 0 aliphatic carbocycles. The Balaban J connectivity index is 1.81. The number of piperidine rings is 1. The number of ether oxygens (including phenoxy) is 1. The van der Waals surface area contributed by atoms with Crippen molar-refractivity contribution >= 4 is 5.91 Å². The van der Waals surface area contributed by atoms with E-state index in [1.165, 1.54) is 6.42 Å². The first-order valence-electron chi connectivity index (χ1n) is 7.78. The van der Waals surface area contributed by atoms with Gasteiger partial charge in [0.25, 0.3) is 0 Å². The Morgan fingerprint density at radius 3 is 2.81 bits per heavy atom. The third kappa shape index (κ3) is 4.74. The number of nitrogens with zero attached hydrogens (tertiary/aromatic N) is 1. The largest absolute Gasteiger partial charge is 0.497 e. The number of carbonyl (C=O) groups is 1. The first-order valence-corrected chi connectivity index (χ1v) is 7.78. The third-order valence-corrected chi connectivity index (χ3v) is 4.26. The van der Waals surface area contributed by atoms with Gasteiger partial charge in [-0.3, -0.25) is 4.79 Å². The monoisotopic (exact) mass is 290 g/mol. The summed E-state index contributed by atoms with van der Waals surface area (Å²) in [6.07, 6.45) is 3.95. The molecule has 1 N–H and O–H groups in total. The van der Waals surface area contributed by atoms with E-state index in [9.17, 15) is 4.79 Å². The third-order valence-electron chi connectivity index (χ3n) is 4.26. The summed E-state index contributed by atoms with van der Waals surface area (Å²) in [7, 11) is 3.64. The minimum atomic E-state index is 0.232. The van der Waals surface area contributed by atoms with Gasteiger partial charge in [0, 0.05) is 13.1 Å². The van der Waals surface area contributed by atoms with Crippen molar-refractivity contribution in [2.24, 2.45) is 5.92 Å². The molecule has 1 heterocycles. The molecule has 0 aromatic heterocycles. The van der Waals surface area contributed by atoms with Crippen LogP contribution < -0.4 is 10.1 Å². The maximum Gasteiger partial charge on any atom is 0.226 e. The summed E-state index contributed by atoms with van der Waals surface area (Å²) in [5.74, 6) is 1.81. The molecule has 1 aliphatic rings. The second-order valence-electron chi connectivity index (χ2n) is 5.74. The Labute approximate surface area is 127 Å². The van der Waals surface area contributed by atoms with Crippen molar-refractivity contribution in [3.63, 3.8) is 0 Å². The SMILES string of the molecule is CNCCC1CCN(C(=O)Cc2cccc(OC)c2)CC1. The highest BCUT2D eigenvalue weighted by Gasteiger charge is 2.22. The molecule has 4 nitrogen and oxygen atoms in total. The van der Waals surface area contributed by atoms with Crippen molar-refractivity contribution < 1.29 is 9.53 Å². The highest BCUT2D eigenvalue weighted by molar-refractivity contribution is 5.79. The summed E-state index contributed by atoms with van der Waals surface area (Å²) >= 11 is 0. The Bertz CT molecular complexity index is 454. The van der Waals surface area contributed by atoms with Crippen LogP contribution in [-0.2, 0) is 11.2 Å². The van der Waals surface area contributed by atoms with E-state index in [1.807, 2.05) is 36.2 Å². The van der Waals surface area contributed by atoms with Crippen molar-refractivity contribution in [2.75, 3.05) is 33.8 Å². The van der Waals surface area contributed by atoms with E-state index in [4.69, 9.17) is 4.74 Å². The molecule has 1 aromatic carbocycles. The van der Waals surface area contributed by atoms with Gasteiger partial charge in [-0.2, -0.15) is 0 Å². The van der Waals surface area contributed by atoms with Gasteiger partial charge in [-0.15, -0.1) is 0 Å². The van der Waals surface area contributed by atoms with Gasteiger partial charge in [0.2, 0.25) is 5.91 Å². The van der Waals surface area contributed by atoms with Gasteiger partial charge in [-0.05, 0) is 56.5 Å². The second-order valence-corrected chi connectivity index (χ2v) is 5.74. The summed E-state index contributed by atoms with van der Waals surface area (Å²) in [5.41, 5.74) is 1.02. The Morgan fingerprint density at radius 1 is 1.38 bits per heavy atom. The van der Waals surface area contributed by atoms with E-state index in [2.05, 4.69) is 5.32 Å². The smallest absolute Gasteiger partial charge is 0.226 e. The Hall–Kier alpha value is -1.55. The molecule has 116 valence electrons. The summed E-state index contributed by atoms with van der Waals surface area (Å²) in [6, 6.07) is 7.77. The maximum absolute atomic E-state index is 12.4. The van der Waals surface area contributed by atoms with Crippen LogP contribution in [0, 0.1) is 5.92 Å². The lowest BCUT2D eigenvalue weighted by Crippen LogP contribution is -2.39. The van der Waals surface area contributed by atoms with Gasteiger partial charge in [0.05, 0.1) is 13.5 Å². The van der Waals surface area contributed by atoms with Crippen LogP contribution in [0.2, 0.25) is 0 Å². The maximum atomic E-state index is 12.4. The summed E-state index contributed by atoms with van der Waals surface area (Å²) in [6.45, 7) is 2.87. The molecule has 4 heteroatoms. The molecule has 0 unspecified atom stereocenters. The fraction of sp³-hybridized carbons (Fsp3) is 0.588. The quantitative estimate of drug-likeness (QED) is 0.872. The molecule has 0 saturated carbocycles. The number of nitrogens with one attached hydrogen (secondary N) is 1. The van der Waals surface area contributed by atoms with E-state index < -0.39 is 0 Å². The summed E-state index contributed by atoms with van der Waals surface area (Å²) in [4.78, 5) is 14.4. The molecule has 1 aromatic rings. The van der Waals surface area contributed by atoms with Gasteiger partial charge < -0.3 is 15.0 Å². The van der Waals surface area contributed by atoms with Crippen LogP contribution in [0.1, 0.15) is 24.8 Å². The standard InChI is InChI=1S/C17H26N2O2/c1-18-9-6-14-7-10-19(11-8-14)17(20)13-15-4-3-5-16(12-15)21-2/h3-5,12,14,18H,6-11,13H2,1-2H3. The van der Waals surface area contributed by atoms with Crippen molar-refractivity contribution in [3.8, 4) is 5.75 Å². The van der Waals surface area contributed by atoms with E-state index in [0.29, 0.717) is 6.42 Å². The molecule has 1 aliphatic heterocycles. The lowest BCUT2D eigenvalue weighted by Gasteiger charge is -2.32. The predicted molar refractivity (Wildman–Crippen MR) is 84.5 cm³/mol. The van der Waals surface area contributed by atoms with Crippen molar-refractivity contribution in [3.05, 3.63) is 29.8 Å². The van der Waals surface area contributed by atoms with Gasteiger partial charge in [0.15, 0.2) is 0 Å². The zero-order valence-electron chi connectivity index (χ0n) is 13.1. The number of likely N-dealkylation sites (tertiary alicyclic amines) is 1. The molecule has 2 rings (SSSR count). The van der Waals surface area contributed by atoms with Crippen molar-refractivity contribution in [1.82, 2.24) is 10.2 Å². The predicted octanol–water partition coefficient (Wildman–Crippen LogP) is 2.09. The first-order chi connectivity index (χ1) is 10.2. The van der Waals surface area contributed by atoms with Gasteiger partial charge in [0.1, 0.15) is 5.75 Å². The minimum Gasteiger partial charge on any atom is -0.497 e. The normalized spacial score (nSPS) is 16.0. The highest BCUT2D eigenvalue weighted by atomic mass is 16.5. The number of hydrogen-bond donors (Lipinski definition) is 1. The van der Waals surface area contributed by atoms with Crippen LogP contribution in [0.3, 0.4) is 0 Å². The average molecular weight is 290 g/mol. The molecule has 0 radical (unpaired) electrons. The number of benzene rings is 1. The molecular formula is C17H26N2O2. The van der Waals surface area contributed by atoms with Crippen molar-refractivity contribution in [1.29, 1.82) is 0 Å². The molecular weight excluding hydrogens is 264 g/mol. The summed E-state index contributed by atoms with van der Waals surface area (Å²) < 4.78 is 5.20.